The van der Waals surface area contributed by atoms with Crippen LogP contribution in [0.25, 0.3) is 0 Å². The van der Waals surface area contributed by atoms with Gasteiger partial charge in [-0.25, -0.2) is 0 Å². The first kappa shape index (κ1) is 15.4. The van der Waals surface area contributed by atoms with Crippen LogP contribution in [0.15, 0.2) is 24.3 Å². The summed E-state index contributed by atoms with van der Waals surface area (Å²) in [4.78, 5) is 25.0. The minimum atomic E-state index is -0.243. The summed E-state index contributed by atoms with van der Waals surface area (Å²) >= 11 is 4.99. The Morgan fingerprint density at radius 2 is 2.00 bits per heavy atom. The molecule has 2 N–H and O–H groups in total. The molecule has 1 aliphatic rings. The Labute approximate surface area is 128 Å². The zero-order valence-electron chi connectivity index (χ0n) is 11.7. The van der Waals surface area contributed by atoms with Crippen molar-refractivity contribution in [3.05, 3.63) is 29.8 Å². The number of rotatable bonds is 2. The van der Waals surface area contributed by atoms with E-state index in [0.29, 0.717) is 37.6 Å². The van der Waals surface area contributed by atoms with E-state index in [1.165, 1.54) is 6.92 Å². The van der Waals surface area contributed by atoms with Gasteiger partial charge in [-0.2, -0.15) is 0 Å². The van der Waals surface area contributed by atoms with E-state index in [4.69, 9.17) is 17.0 Å². The molecule has 0 atom stereocenters. The molecular weight excluding hydrogens is 290 g/mol. The van der Waals surface area contributed by atoms with E-state index in [9.17, 15) is 9.59 Å². The molecule has 1 fully saturated rings. The van der Waals surface area contributed by atoms with Gasteiger partial charge in [-0.05, 0) is 30.4 Å². The summed E-state index contributed by atoms with van der Waals surface area (Å²) < 4.78 is 5.24. The summed E-state index contributed by atoms with van der Waals surface area (Å²) in [5.74, 6) is -0.277. The number of ether oxygens (including phenoxy) is 1. The third-order valence-electron chi connectivity index (χ3n) is 2.96. The number of anilines is 1. The summed E-state index contributed by atoms with van der Waals surface area (Å²) in [6.07, 6.45) is 0. The first-order valence-electron chi connectivity index (χ1n) is 6.62. The van der Waals surface area contributed by atoms with E-state index in [1.807, 2.05) is 0 Å². The van der Waals surface area contributed by atoms with Gasteiger partial charge < -0.3 is 20.3 Å². The van der Waals surface area contributed by atoms with Crippen LogP contribution in [0, 0.1) is 0 Å². The molecule has 0 spiro atoms. The van der Waals surface area contributed by atoms with Crippen LogP contribution in [0.4, 0.5) is 5.69 Å². The van der Waals surface area contributed by atoms with Crippen LogP contribution in [-0.4, -0.2) is 48.1 Å². The maximum Gasteiger partial charge on any atom is 0.254 e. The molecule has 1 heterocycles. The van der Waals surface area contributed by atoms with Gasteiger partial charge in [0.25, 0.3) is 5.91 Å². The summed E-state index contributed by atoms with van der Waals surface area (Å²) in [6, 6.07) is 7.02. The van der Waals surface area contributed by atoms with Gasteiger partial charge in [0.1, 0.15) is 0 Å². The summed E-state index contributed by atoms with van der Waals surface area (Å²) in [7, 11) is 0. The average Bonchev–Trinajstić information content (AvgIpc) is 2.46. The molecule has 1 aliphatic heterocycles. The highest BCUT2D eigenvalue weighted by Crippen LogP contribution is 2.13. The van der Waals surface area contributed by atoms with Crippen molar-refractivity contribution in [1.82, 2.24) is 10.2 Å². The molecule has 21 heavy (non-hydrogen) atoms. The number of nitrogens with one attached hydrogen (secondary N) is 2. The molecule has 0 unspecified atom stereocenters. The third-order valence-corrected chi connectivity index (χ3v) is 3.16. The molecule has 7 heteroatoms. The average molecular weight is 307 g/mol. The molecule has 0 saturated carbocycles. The van der Waals surface area contributed by atoms with Crippen molar-refractivity contribution >= 4 is 34.8 Å². The second-order valence-electron chi connectivity index (χ2n) is 4.62. The number of hydrogen-bond acceptors (Lipinski definition) is 4. The number of amides is 2. The van der Waals surface area contributed by atoms with Gasteiger partial charge in [0.15, 0.2) is 5.11 Å². The van der Waals surface area contributed by atoms with Crippen LogP contribution < -0.4 is 10.6 Å². The topological polar surface area (TPSA) is 70.7 Å². The highest BCUT2D eigenvalue weighted by Gasteiger charge is 2.18. The minimum Gasteiger partial charge on any atom is -0.378 e. The molecule has 0 bridgehead atoms. The Balaban J connectivity index is 2.04. The van der Waals surface area contributed by atoms with Crippen molar-refractivity contribution < 1.29 is 14.3 Å². The standard InChI is InChI=1S/C14H17N3O3S/c1-10(18)15-14(21)16-12-4-2-3-11(9-12)13(19)17-5-7-20-8-6-17/h2-4,9H,5-8H2,1H3,(H2,15,16,18,21). The van der Waals surface area contributed by atoms with E-state index >= 15 is 0 Å². The van der Waals surface area contributed by atoms with Crippen LogP contribution in [0.1, 0.15) is 17.3 Å². The lowest BCUT2D eigenvalue weighted by Crippen LogP contribution is -2.40. The Morgan fingerprint density at radius 3 is 2.67 bits per heavy atom. The molecular formula is C14H17N3O3S. The van der Waals surface area contributed by atoms with Crippen LogP contribution in [0.2, 0.25) is 0 Å². The summed E-state index contributed by atoms with van der Waals surface area (Å²) in [5, 5.41) is 5.56. The number of morpholine rings is 1. The number of carbonyl (C=O) groups is 2. The van der Waals surface area contributed by atoms with Crippen LogP contribution >= 0.6 is 12.2 Å². The van der Waals surface area contributed by atoms with Crippen molar-refractivity contribution in [3.63, 3.8) is 0 Å². The Bertz CT molecular complexity index is 556. The Morgan fingerprint density at radius 1 is 1.29 bits per heavy atom. The lowest BCUT2D eigenvalue weighted by molar-refractivity contribution is -0.117. The van der Waals surface area contributed by atoms with E-state index in [0.717, 1.165) is 0 Å². The molecule has 1 aromatic carbocycles. The first-order valence-corrected chi connectivity index (χ1v) is 7.03. The fraction of sp³-hybridized carbons (Fsp3) is 0.357. The van der Waals surface area contributed by atoms with E-state index in [2.05, 4.69) is 10.6 Å². The van der Waals surface area contributed by atoms with Gasteiger partial charge in [-0.3, -0.25) is 9.59 Å². The van der Waals surface area contributed by atoms with Gasteiger partial charge in [0.05, 0.1) is 13.2 Å². The number of nitrogens with zero attached hydrogens (tertiary/aromatic N) is 1. The molecule has 0 aromatic heterocycles. The summed E-state index contributed by atoms with van der Waals surface area (Å²) in [5.41, 5.74) is 1.24. The predicted octanol–water partition coefficient (Wildman–Crippen LogP) is 0.992. The van der Waals surface area contributed by atoms with E-state index < -0.39 is 0 Å². The van der Waals surface area contributed by atoms with Gasteiger partial charge in [0.2, 0.25) is 5.91 Å². The lowest BCUT2D eigenvalue weighted by atomic mass is 10.1. The maximum absolute atomic E-state index is 12.4. The highest BCUT2D eigenvalue weighted by atomic mass is 32.1. The van der Waals surface area contributed by atoms with Crippen molar-refractivity contribution in [2.24, 2.45) is 0 Å². The fourth-order valence-electron chi connectivity index (χ4n) is 2.00. The molecule has 2 amide bonds. The van der Waals surface area contributed by atoms with Crippen molar-refractivity contribution in [2.75, 3.05) is 31.6 Å². The molecule has 0 aliphatic carbocycles. The molecule has 1 saturated heterocycles. The molecule has 6 nitrogen and oxygen atoms in total. The third kappa shape index (κ3) is 4.51. The summed E-state index contributed by atoms with van der Waals surface area (Å²) in [6.45, 7) is 3.71. The number of carbonyl (C=O) groups excluding carboxylic acids is 2. The van der Waals surface area contributed by atoms with Crippen molar-refractivity contribution in [2.45, 2.75) is 6.92 Å². The predicted molar refractivity (Wildman–Crippen MR) is 83.2 cm³/mol. The van der Waals surface area contributed by atoms with Gasteiger partial charge >= 0.3 is 0 Å². The second-order valence-corrected chi connectivity index (χ2v) is 5.03. The maximum atomic E-state index is 12.4. The molecule has 1 aromatic rings. The van der Waals surface area contributed by atoms with Gasteiger partial charge in [-0.1, -0.05) is 6.07 Å². The van der Waals surface area contributed by atoms with Crippen LogP contribution in [-0.2, 0) is 9.53 Å². The van der Waals surface area contributed by atoms with Crippen LogP contribution in [0.3, 0.4) is 0 Å². The zero-order chi connectivity index (χ0) is 15.2. The quantitative estimate of drug-likeness (QED) is 0.798. The molecule has 0 radical (unpaired) electrons. The fourth-order valence-corrected chi connectivity index (χ4v) is 2.26. The number of benzene rings is 1. The highest BCUT2D eigenvalue weighted by molar-refractivity contribution is 7.80. The van der Waals surface area contributed by atoms with Crippen LogP contribution in [0.5, 0.6) is 0 Å². The minimum absolute atomic E-state index is 0.0348. The van der Waals surface area contributed by atoms with Gasteiger partial charge in [-0.15, -0.1) is 0 Å². The number of thiocarbonyl (C=S) groups is 1. The van der Waals surface area contributed by atoms with Crippen molar-refractivity contribution in [3.8, 4) is 0 Å². The molecule has 2 rings (SSSR count). The largest absolute Gasteiger partial charge is 0.378 e. The number of hydrogen-bond donors (Lipinski definition) is 2. The zero-order valence-corrected chi connectivity index (χ0v) is 12.5. The lowest BCUT2D eigenvalue weighted by Gasteiger charge is -2.27. The molecule has 112 valence electrons. The van der Waals surface area contributed by atoms with Gasteiger partial charge in [0, 0.05) is 31.3 Å². The smallest absolute Gasteiger partial charge is 0.254 e. The normalized spacial score (nSPS) is 14.4. The Kier molecular flexibility index (Phi) is 5.24. The second kappa shape index (κ2) is 7.14. The van der Waals surface area contributed by atoms with E-state index in [-0.39, 0.29) is 16.9 Å². The monoisotopic (exact) mass is 307 g/mol. The SMILES string of the molecule is CC(=O)NC(=S)Nc1cccc(C(=O)N2CCOCC2)c1. The first-order chi connectivity index (χ1) is 10.1. The van der Waals surface area contributed by atoms with Crippen molar-refractivity contribution in [1.29, 1.82) is 0 Å². The Hall–Kier alpha value is -1.99. The van der Waals surface area contributed by atoms with E-state index in [1.54, 1.807) is 29.2 Å².